The first-order valence-corrected chi connectivity index (χ1v) is 7.24. The summed E-state index contributed by atoms with van der Waals surface area (Å²) < 4.78 is 10.2. The number of hydrogen-bond acceptors (Lipinski definition) is 5. The third kappa shape index (κ3) is 3.03. The number of amides is 2. The highest BCUT2D eigenvalue weighted by atomic mass is 16.5. The van der Waals surface area contributed by atoms with Gasteiger partial charge in [0.25, 0.3) is 5.91 Å². The molecule has 1 N–H and O–H groups in total. The Bertz CT molecular complexity index is 740. The number of aromatic nitrogens is 1. The summed E-state index contributed by atoms with van der Waals surface area (Å²) in [7, 11) is 1.58. The molecule has 1 atom stereocenters. The lowest BCUT2D eigenvalue weighted by Crippen LogP contribution is -2.37. The van der Waals surface area contributed by atoms with Crippen LogP contribution >= 0.6 is 0 Å². The Morgan fingerprint density at radius 1 is 1.48 bits per heavy atom. The summed E-state index contributed by atoms with van der Waals surface area (Å²) in [6.45, 7) is 2.08. The van der Waals surface area contributed by atoms with Crippen molar-refractivity contribution in [1.29, 1.82) is 0 Å². The van der Waals surface area contributed by atoms with Gasteiger partial charge in [0.1, 0.15) is 11.5 Å². The summed E-state index contributed by atoms with van der Waals surface area (Å²) >= 11 is 0. The lowest BCUT2D eigenvalue weighted by atomic mass is 10.2. The van der Waals surface area contributed by atoms with Crippen molar-refractivity contribution in [2.24, 2.45) is 0 Å². The van der Waals surface area contributed by atoms with Crippen LogP contribution in [0.3, 0.4) is 0 Å². The number of aryl methyl sites for hydroxylation is 1. The third-order valence-electron chi connectivity index (χ3n) is 3.79. The number of carbonyl (C=O) groups is 2. The number of methoxy groups -OCH3 is 1. The summed E-state index contributed by atoms with van der Waals surface area (Å²) in [5, 5.41) is 2.83. The van der Waals surface area contributed by atoms with Crippen molar-refractivity contribution >= 4 is 17.5 Å². The molecule has 7 heteroatoms. The van der Waals surface area contributed by atoms with E-state index in [-0.39, 0.29) is 30.0 Å². The van der Waals surface area contributed by atoms with Crippen LogP contribution in [0.4, 0.5) is 5.69 Å². The van der Waals surface area contributed by atoms with Crippen molar-refractivity contribution in [2.45, 2.75) is 19.4 Å². The van der Waals surface area contributed by atoms with E-state index in [4.69, 9.17) is 9.15 Å². The highest BCUT2D eigenvalue weighted by molar-refractivity contribution is 5.98. The van der Waals surface area contributed by atoms with E-state index < -0.39 is 0 Å². The zero-order valence-corrected chi connectivity index (χ0v) is 12.9. The van der Waals surface area contributed by atoms with E-state index in [1.165, 1.54) is 6.39 Å². The molecule has 0 saturated carbocycles. The van der Waals surface area contributed by atoms with Crippen LogP contribution in [0.25, 0.3) is 0 Å². The van der Waals surface area contributed by atoms with Gasteiger partial charge in [-0.1, -0.05) is 6.07 Å². The van der Waals surface area contributed by atoms with E-state index in [0.29, 0.717) is 18.1 Å². The van der Waals surface area contributed by atoms with E-state index in [1.807, 2.05) is 18.2 Å². The molecule has 0 aliphatic carbocycles. The molecule has 120 valence electrons. The minimum atomic E-state index is -0.332. The molecular formula is C16H17N3O4. The average Bonchev–Trinajstić information content (AvgIpc) is 3.13. The number of anilines is 1. The van der Waals surface area contributed by atoms with Crippen molar-refractivity contribution in [3.63, 3.8) is 0 Å². The lowest BCUT2D eigenvalue weighted by molar-refractivity contribution is -0.117. The summed E-state index contributed by atoms with van der Waals surface area (Å²) in [5.41, 5.74) is 1.00. The summed E-state index contributed by atoms with van der Waals surface area (Å²) in [5.74, 6) is 0.763. The van der Waals surface area contributed by atoms with E-state index >= 15 is 0 Å². The highest BCUT2D eigenvalue weighted by Crippen LogP contribution is 2.25. The topological polar surface area (TPSA) is 84.7 Å². The molecule has 1 aliphatic heterocycles. The summed E-state index contributed by atoms with van der Waals surface area (Å²) in [4.78, 5) is 29.9. The van der Waals surface area contributed by atoms with Gasteiger partial charge >= 0.3 is 0 Å². The molecule has 7 nitrogen and oxygen atoms in total. The van der Waals surface area contributed by atoms with Crippen LogP contribution in [0.5, 0.6) is 5.75 Å². The van der Waals surface area contributed by atoms with Gasteiger partial charge in [-0.3, -0.25) is 9.59 Å². The Hall–Kier alpha value is -2.83. The van der Waals surface area contributed by atoms with Crippen LogP contribution in [0, 0.1) is 6.92 Å². The molecular weight excluding hydrogens is 298 g/mol. The highest BCUT2D eigenvalue weighted by Gasteiger charge is 2.32. The second kappa shape index (κ2) is 6.12. The van der Waals surface area contributed by atoms with Gasteiger partial charge in [0.15, 0.2) is 12.1 Å². The van der Waals surface area contributed by atoms with Crippen LogP contribution in [0.2, 0.25) is 0 Å². The predicted molar refractivity (Wildman–Crippen MR) is 82.5 cm³/mol. The first-order valence-electron chi connectivity index (χ1n) is 7.24. The van der Waals surface area contributed by atoms with E-state index in [1.54, 1.807) is 25.0 Å². The van der Waals surface area contributed by atoms with Crippen LogP contribution in [-0.4, -0.2) is 36.5 Å². The van der Waals surface area contributed by atoms with Crippen molar-refractivity contribution < 1.29 is 18.7 Å². The smallest absolute Gasteiger partial charge is 0.273 e. The van der Waals surface area contributed by atoms with Crippen LogP contribution in [-0.2, 0) is 4.79 Å². The van der Waals surface area contributed by atoms with Gasteiger partial charge in [-0.25, -0.2) is 4.98 Å². The zero-order valence-electron chi connectivity index (χ0n) is 12.9. The van der Waals surface area contributed by atoms with Crippen molar-refractivity contribution in [2.75, 3.05) is 18.6 Å². The number of nitrogens with one attached hydrogen (secondary N) is 1. The maximum atomic E-state index is 12.2. The van der Waals surface area contributed by atoms with Gasteiger partial charge in [-0.05, 0) is 19.1 Å². The number of carbonyl (C=O) groups excluding carboxylic acids is 2. The van der Waals surface area contributed by atoms with Crippen LogP contribution < -0.4 is 15.0 Å². The number of rotatable bonds is 4. The number of nitrogens with zero attached hydrogens (tertiary/aromatic N) is 2. The van der Waals surface area contributed by atoms with Gasteiger partial charge in [-0.15, -0.1) is 0 Å². The molecule has 1 fully saturated rings. The summed E-state index contributed by atoms with van der Waals surface area (Å²) in [6.07, 6.45) is 1.48. The first kappa shape index (κ1) is 15.1. The fourth-order valence-electron chi connectivity index (χ4n) is 2.61. The molecule has 1 saturated heterocycles. The Morgan fingerprint density at radius 3 is 3.00 bits per heavy atom. The second-order valence-electron chi connectivity index (χ2n) is 5.34. The quantitative estimate of drug-likeness (QED) is 0.925. The number of ether oxygens (including phenoxy) is 1. The van der Waals surface area contributed by atoms with Crippen molar-refractivity contribution in [3.8, 4) is 5.75 Å². The SMILES string of the molecule is COc1cccc(N2C[C@@H](NC(=O)c3ncoc3C)CC2=O)c1. The molecule has 1 aromatic heterocycles. The first-order chi connectivity index (χ1) is 11.1. The molecule has 0 unspecified atom stereocenters. The molecule has 0 radical (unpaired) electrons. The monoisotopic (exact) mass is 315 g/mol. The van der Waals surface area contributed by atoms with Gasteiger partial charge in [0.05, 0.1) is 13.2 Å². The van der Waals surface area contributed by atoms with Gasteiger partial charge in [0, 0.05) is 24.7 Å². The Labute approximate surface area is 133 Å². The maximum Gasteiger partial charge on any atom is 0.273 e. The van der Waals surface area contributed by atoms with Crippen LogP contribution in [0.15, 0.2) is 35.1 Å². The number of hydrogen-bond donors (Lipinski definition) is 1. The van der Waals surface area contributed by atoms with Crippen molar-refractivity contribution in [1.82, 2.24) is 10.3 Å². The standard InChI is InChI=1S/C16H17N3O4/c1-10-15(17-9-23-10)16(21)18-11-6-14(20)19(8-11)12-4-3-5-13(7-12)22-2/h3-5,7,9,11H,6,8H2,1-2H3,(H,18,21)/t11-/m0/s1. The van der Waals surface area contributed by atoms with Gasteiger partial charge < -0.3 is 19.4 Å². The third-order valence-corrected chi connectivity index (χ3v) is 3.79. The molecule has 1 aliphatic rings. The molecule has 3 rings (SSSR count). The fraction of sp³-hybridized carbons (Fsp3) is 0.312. The lowest BCUT2D eigenvalue weighted by Gasteiger charge is -2.17. The Kier molecular flexibility index (Phi) is 4.01. The minimum Gasteiger partial charge on any atom is -0.497 e. The van der Waals surface area contributed by atoms with Crippen molar-refractivity contribution in [3.05, 3.63) is 42.1 Å². The molecule has 2 aromatic rings. The predicted octanol–water partition coefficient (Wildman–Crippen LogP) is 1.53. The second-order valence-corrected chi connectivity index (χ2v) is 5.34. The fourth-order valence-corrected chi connectivity index (χ4v) is 2.61. The Morgan fingerprint density at radius 2 is 2.30 bits per heavy atom. The molecule has 1 aromatic carbocycles. The van der Waals surface area contributed by atoms with E-state index in [0.717, 1.165) is 5.69 Å². The zero-order chi connectivity index (χ0) is 16.4. The largest absolute Gasteiger partial charge is 0.497 e. The minimum absolute atomic E-state index is 0.0413. The molecule has 2 amide bonds. The average molecular weight is 315 g/mol. The molecule has 0 bridgehead atoms. The van der Waals surface area contributed by atoms with E-state index in [9.17, 15) is 9.59 Å². The van der Waals surface area contributed by atoms with Gasteiger partial charge in [0.2, 0.25) is 5.91 Å². The van der Waals surface area contributed by atoms with Gasteiger partial charge in [-0.2, -0.15) is 0 Å². The molecule has 23 heavy (non-hydrogen) atoms. The number of oxazole rings is 1. The maximum absolute atomic E-state index is 12.2. The molecule has 0 spiro atoms. The van der Waals surface area contributed by atoms with E-state index in [2.05, 4.69) is 10.3 Å². The normalized spacial score (nSPS) is 17.4. The summed E-state index contributed by atoms with van der Waals surface area (Å²) in [6, 6.07) is 7.01. The number of benzene rings is 1. The Balaban J connectivity index is 1.70. The molecule has 2 heterocycles. The van der Waals surface area contributed by atoms with Crippen LogP contribution in [0.1, 0.15) is 22.7 Å².